The molecule has 18 heavy (non-hydrogen) atoms. The molecule has 0 spiro atoms. The first-order chi connectivity index (χ1) is 8.81. The van der Waals surface area contributed by atoms with Gasteiger partial charge in [0.1, 0.15) is 0 Å². The van der Waals surface area contributed by atoms with Crippen LogP contribution in [0.2, 0.25) is 0 Å². The van der Waals surface area contributed by atoms with E-state index in [-0.39, 0.29) is 0 Å². The van der Waals surface area contributed by atoms with Crippen molar-refractivity contribution in [1.82, 2.24) is 5.32 Å². The van der Waals surface area contributed by atoms with E-state index >= 15 is 0 Å². The van der Waals surface area contributed by atoms with Gasteiger partial charge in [-0.05, 0) is 25.5 Å². The van der Waals surface area contributed by atoms with Crippen molar-refractivity contribution in [3.8, 4) is 0 Å². The molecule has 0 heterocycles. The normalized spacial score (nSPS) is 20.6. The maximum atomic E-state index is 3.49. The van der Waals surface area contributed by atoms with Crippen LogP contribution in [0.1, 0.15) is 50.6 Å². The lowest BCUT2D eigenvalue weighted by molar-refractivity contribution is 0.510. The largest absolute Gasteiger partial charge is 0.312 e. The quantitative estimate of drug-likeness (QED) is 0.845. The van der Waals surface area contributed by atoms with Crippen molar-refractivity contribution >= 4 is 11.8 Å². The van der Waals surface area contributed by atoms with Crippen molar-refractivity contribution in [2.24, 2.45) is 0 Å². The second-order valence-electron chi connectivity index (χ2n) is 5.28. The van der Waals surface area contributed by atoms with E-state index in [2.05, 4.69) is 61.4 Å². The van der Waals surface area contributed by atoms with Gasteiger partial charge in [-0.1, -0.05) is 56.5 Å². The van der Waals surface area contributed by atoms with E-state index in [1.165, 1.54) is 37.7 Å². The molecule has 2 heteroatoms. The van der Waals surface area contributed by atoms with Gasteiger partial charge in [-0.25, -0.2) is 0 Å². The number of hydrogen-bond donors (Lipinski definition) is 1. The lowest BCUT2D eigenvalue weighted by Crippen LogP contribution is -2.27. The Labute approximate surface area is 116 Å². The van der Waals surface area contributed by atoms with Crippen LogP contribution in [-0.2, 0) is 0 Å². The molecule has 1 aliphatic carbocycles. The van der Waals surface area contributed by atoms with Crippen LogP contribution >= 0.6 is 11.8 Å². The van der Waals surface area contributed by atoms with Crippen LogP contribution in [0.3, 0.4) is 0 Å². The highest BCUT2D eigenvalue weighted by Gasteiger charge is 2.23. The Kier molecular flexibility index (Phi) is 5.58. The highest BCUT2D eigenvalue weighted by atomic mass is 32.2. The van der Waals surface area contributed by atoms with Crippen LogP contribution in [0.15, 0.2) is 30.3 Å². The predicted molar refractivity (Wildman–Crippen MR) is 82.2 cm³/mol. The Balaban J connectivity index is 1.94. The second-order valence-corrected chi connectivity index (χ2v) is 6.96. The summed E-state index contributed by atoms with van der Waals surface area (Å²) in [7, 11) is 2.08. The molecule has 1 fully saturated rings. The van der Waals surface area contributed by atoms with Gasteiger partial charge in [-0.15, -0.1) is 0 Å². The number of rotatable bonds is 5. The first-order valence-electron chi connectivity index (χ1n) is 7.19. The predicted octanol–water partition coefficient (Wildman–Crippen LogP) is 4.40. The Morgan fingerprint density at radius 2 is 1.78 bits per heavy atom. The molecule has 1 saturated carbocycles. The fraction of sp³-hybridized carbons (Fsp3) is 0.625. The lowest BCUT2D eigenvalue weighted by Gasteiger charge is -2.29. The molecule has 0 radical (unpaired) electrons. The minimum absolute atomic E-state index is 0.470. The smallest absolute Gasteiger partial charge is 0.0435 e. The Morgan fingerprint density at radius 3 is 2.39 bits per heavy atom. The fourth-order valence-electron chi connectivity index (χ4n) is 2.92. The van der Waals surface area contributed by atoms with Crippen LogP contribution < -0.4 is 5.32 Å². The molecule has 2 rings (SSSR count). The minimum Gasteiger partial charge on any atom is -0.312 e. The highest BCUT2D eigenvalue weighted by Crippen LogP contribution is 2.35. The third-order valence-electron chi connectivity index (χ3n) is 3.90. The molecule has 0 aliphatic heterocycles. The van der Waals surface area contributed by atoms with E-state index in [1.807, 2.05) is 0 Å². The summed E-state index contributed by atoms with van der Waals surface area (Å²) in [5, 5.41) is 5.01. The molecular weight excluding hydrogens is 238 g/mol. The maximum Gasteiger partial charge on any atom is 0.0435 e. The number of nitrogens with one attached hydrogen (secondary N) is 1. The minimum atomic E-state index is 0.470. The Morgan fingerprint density at radius 1 is 1.11 bits per heavy atom. The first-order valence-corrected chi connectivity index (χ1v) is 8.13. The summed E-state index contributed by atoms with van der Waals surface area (Å²) in [4.78, 5) is 0. The summed E-state index contributed by atoms with van der Waals surface area (Å²) < 4.78 is 0. The van der Waals surface area contributed by atoms with Gasteiger partial charge in [0.05, 0.1) is 0 Å². The van der Waals surface area contributed by atoms with E-state index in [9.17, 15) is 0 Å². The molecular formula is C16H25NS. The van der Waals surface area contributed by atoms with Crippen molar-refractivity contribution in [1.29, 1.82) is 0 Å². The van der Waals surface area contributed by atoms with Gasteiger partial charge in [-0.3, -0.25) is 0 Å². The highest BCUT2D eigenvalue weighted by molar-refractivity contribution is 8.00. The Hall–Kier alpha value is -0.470. The van der Waals surface area contributed by atoms with E-state index in [4.69, 9.17) is 0 Å². The van der Waals surface area contributed by atoms with E-state index in [0.717, 1.165) is 5.25 Å². The van der Waals surface area contributed by atoms with Crippen molar-refractivity contribution in [2.75, 3.05) is 7.05 Å². The van der Waals surface area contributed by atoms with Crippen LogP contribution in [0.25, 0.3) is 0 Å². The van der Waals surface area contributed by atoms with Crippen LogP contribution in [0.4, 0.5) is 0 Å². The zero-order valence-corrected chi connectivity index (χ0v) is 12.4. The third-order valence-corrected chi connectivity index (χ3v) is 5.46. The van der Waals surface area contributed by atoms with Crippen LogP contribution in [0.5, 0.6) is 0 Å². The van der Waals surface area contributed by atoms with Gasteiger partial charge in [0, 0.05) is 16.5 Å². The van der Waals surface area contributed by atoms with Gasteiger partial charge in [-0.2, -0.15) is 11.8 Å². The Bertz CT molecular complexity index is 332. The van der Waals surface area contributed by atoms with Crippen LogP contribution in [-0.4, -0.2) is 17.5 Å². The summed E-state index contributed by atoms with van der Waals surface area (Å²) in [5.41, 5.74) is 1.41. The van der Waals surface area contributed by atoms with Crippen molar-refractivity contribution in [2.45, 2.75) is 55.6 Å². The summed E-state index contributed by atoms with van der Waals surface area (Å²) in [6.07, 6.45) is 7.14. The van der Waals surface area contributed by atoms with E-state index < -0.39 is 0 Å². The molecule has 0 amide bonds. The lowest BCUT2D eigenvalue weighted by atomic mass is 10.0. The van der Waals surface area contributed by atoms with E-state index in [0.29, 0.717) is 11.3 Å². The molecule has 0 bridgehead atoms. The molecule has 1 nitrogen and oxygen atoms in total. The number of benzene rings is 1. The average Bonchev–Trinajstić information content (AvgIpc) is 2.42. The van der Waals surface area contributed by atoms with E-state index in [1.54, 1.807) is 0 Å². The third kappa shape index (κ3) is 3.76. The van der Waals surface area contributed by atoms with Gasteiger partial charge in [0.25, 0.3) is 0 Å². The molecule has 1 aliphatic rings. The molecule has 100 valence electrons. The summed E-state index contributed by atoms with van der Waals surface area (Å²) in [6, 6.07) is 11.3. The zero-order chi connectivity index (χ0) is 12.8. The molecule has 2 unspecified atom stereocenters. The average molecular weight is 263 g/mol. The molecule has 0 saturated heterocycles. The summed E-state index contributed by atoms with van der Waals surface area (Å²) in [6.45, 7) is 2.37. The van der Waals surface area contributed by atoms with Crippen molar-refractivity contribution in [3.05, 3.63) is 35.9 Å². The topological polar surface area (TPSA) is 12.0 Å². The number of hydrogen-bond acceptors (Lipinski definition) is 2. The monoisotopic (exact) mass is 263 g/mol. The van der Waals surface area contributed by atoms with Gasteiger partial charge >= 0.3 is 0 Å². The van der Waals surface area contributed by atoms with Gasteiger partial charge in [0.2, 0.25) is 0 Å². The van der Waals surface area contributed by atoms with Crippen molar-refractivity contribution < 1.29 is 0 Å². The van der Waals surface area contributed by atoms with Gasteiger partial charge in [0.15, 0.2) is 0 Å². The van der Waals surface area contributed by atoms with Gasteiger partial charge < -0.3 is 5.32 Å². The first kappa shape index (κ1) is 14.0. The molecule has 1 aromatic carbocycles. The molecule has 1 aromatic rings. The second kappa shape index (κ2) is 7.20. The number of thioether (sulfide) groups is 1. The van der Waals surface area contributed by atoms with Crippen LogP contribution in [0, 0.1) is 0 Å². The maximum absolute atomic E-state index is 3.49. The SMILES string of the molecule is CNC(c1ccccc1)C(C)SC1CCCCC1. The zero-order valence-electron chi connectivity index (χ0n) is 11.6. The standard InChI is InChI=1S/C16H25NS/c1-13(18-15-11-7-4-8-12-15)16(17-2)14-9-5-3-6-10-14/h3,5-6,9-10,13,15-17H,4,7-8,11-12H2,1-2H3. The fourth-order valence-corrected chi connectivity index (χ4v) is 4.58. The summed E-state index contributed by atoms with van der Waals surface area (Å²) >= 11 is 2.19. The molecule has 2 atom stereocenters. The molecule has 0 aromatic heterocycles. The van der Waals surface area contributed by atoms with Crippen molar-refractivity contribution in [3.63, 3.8) is 0 Å². The molecule has 1 N–H and O–H groups in total. The summed E-state index contributed by atoms with van der Waals surface area (Å²) in [5.74, 6) is 0.